The van der Waals surface area contributed by atoms with Crippen molar-refractivity contribution in [1.29, 1.82) is 5.26 Å². The van der Waals surface area contributed by atoms with E-state index in [4.69, 9.17) is 5.26 Å². The smallest absolute Gasteiger partial charge is 0.0683 e. The number of unbranched alkanes of at least 4 members (excludes halogenated alkanes) is 1. The van der Waals surface area contributed by atoms with E-state index in [1.165, 1.54) is 11.3 Å². The molecule has 19 heavy (non-hydrogen) atoms. The molecule has 0 heterocycles. The fourth-order valence-corrected chi connectivity index (χ4v) is 1.99. The molecule has 0 unspecified atom stereocenters. The van der Waals surface area contributed by atoms with Crippen LogP contribution in [0.2, 0.25) is 0 Å². The highest BCUT2D eigenvalue weighted by Gasteiger charge is 2.15. The summed E-state index contributed by atoms with van der Waals surface area (Å²) in [5, 5.41) is 12.4. The van der Waals surface area contributed by atoms with Gasteiger partial charge in [-0.25, -0.2) is 0 Å². The lowest BCUT2D eigenvalue weighted by Gasteiger charge is -2.15. The summed E-state index contributed by atoms with van der Waals surface area (Å²) >= 11 is 0. The summed E-state index contributed by atoms with van der Waals surface area (Å²) < 4.78 is 0. The minimum Gasteiger partial charge on any atom is -0.385 e. The molecular formula is C17H26N2. The Morgan fingerprint density at radius 3 is 2.63 bits per heavy atom. The van der Waals surface area contributed by atoms with E-state index in [2.05, 4.69) is 49.5 Å². The van der Waals surface area contributed by atoms with E-state index in [0.29, 0.717) is 5.92 Å². The summed E-state index contributed by atoms with van der Waals surface area (Å²) in [6.45, 7) is 9.41. The van der Waals surface area contributed by atoms with Gasteiger partial charge in [-0.2, -0.15) is 5.26 Å². The summed E-state index contributed by atoms with van der Waals surface area (Å²) in [4.78, 5) is 0. The maximum atomic E-state index is 8.95. The largest absolute Gasteiger partial charge is 0.385 e. The number of rotatable bonds is 7. The molecule has 1 rings (SSSR count). The highest BCUT2D eigenvalue weighted by atomic mass is 14.9. The van der Waals surface area contributed by atoms with Gasteiger partial charge in [-0.15, -0.1) is 0 Å². The molecule has 0 aromatic heterocycles. The fraction of sp³-hybridized carbons (Fsp3) is 0.588. The van der Waals surface area contributed by atoms with Crippen LogP contribution in [0.25, 0.3) is 0 Å². The molecule has 0 atom stereocenters. The molecule has 1 aromatic carbocycles. The quantitative estimate of drug-likeness (QED) is 0.703. The third-order valence-corrected chi connectivity index (χ3v) is 3.41. The van der Waals surface area contributed by atoms with Crippen LogP contribution in [0.1, 0.15) is 58.4 Å². The van der Waals surface area contributed by atoms with Crippen molar-refractivity contribution in [3.8, 4) is 6.07 Å². The van der Waals surface area contributed by atoms with E-state index < -0.39 is 0 Å². The number of nitrogens with zero attached hydrogens (tertiary/aromatic N) is 1. The second-order valence-corrected chi connectivity index (χ2v) is 6.16. The van der Waals surface area contributed by atoms with Gasteiger partial charge in [0, 0.05) is 12.2 Å². The van der Waals surface area contributed by atoms with E-state index >= 15 is 0 Å². The lowest BCUT2D eigenvalue weighted by molar-refractivity contribution is 0.430. The predicted octanol–water partition coefficient (Wildman–Crippen LogP) is 4.94. The lowest BCUT2D eigenvalue weighted by Crippen LogP contribution is -2.09. The van der Waals surface area contributed by atoms with Crippen molar-refractivity contribution in [3.05, 3.63) is 29.8 Å². The molecule has 0 saturated carbocycles. The van der Waals surface area contributed by atoms with Crippen molar-refractivity contribution < 1.29 is 0 Å². The van der Waals surface area contributed by atoms with Gasteiger partial charge in [-0.3, -0.25) is 0 Å². The molecule has 2 heteroatoms. The standard InChI is InChI=1S/C17H26N2/c1-14(2)15-8-7-9-16(12-15)19-11-6-5-10-17(3,4)13-18/h7-9,12,14,19H,5-6,10-11H2,1-4H3. The molecule has 1 aromatic rings. The average Bonchev–Trinajstić information content (AvgIpc) is 2.38. The van der Waals surface area contributed by atoms with Gasteiger partial charge < -0.3 is 5.32 Å². The molecule has 0 bridgehead atoms. The fourth-order valence-electron chi connectivity index (χ4n) is 1.99. The second kappa shape index (κ2) is 7.19. The molecule has 104 valence electrons. The Morgan fingerprint density at radius 1 is 1.26 bits per heavy atom. The maximum absolute atomic E-state index is 8.95. The van der Waals surface area contributed by atoms with Gasteiger partial charge in [0.1, 0.15) is 0 Å². The lowest BCUT2D eigenvalue weighted by atomic mass is 9.89. The summed E-state index contributed by atoms with van der Waals surface area (Å²) in [5.41, 5.74) is 2.39. The van der Waals surface area contributed by atoms with Gasteiger partial charge in [0.2, 0.25) is 0 Å². The normalized spacial score (nSPS) is 11.4. The molecular weight excluding hydrogens is 232 g/mol. The number of nitriles is 1. The molecule has 2 nitrogen and oxygen atoms in total. The molecule has 0 radical (unpaired) electrons. The highest BCUT2D eigenvalue weighted by molar-refractivity contribution is 5.46. The number of anilines is 1. The topological polar surface area (TPSA) is 35.8 Å². The number of hydrogen-bond donors (Lipinski definition) is 1. The molecule has 0 aliphatic rings. The second-order valence-electron chi connectivity index (χ2n) is 6.16. The van der Waals surface area contributed by atoms with Gasteiger partial charge in [0.05, 0.1) is 11.5 Å². The van der Waals surface area contributed by atoms with Crippen LogP contribution in [-0.4, -0.2) is 6.54 Å². The molecule has 0 spiro atoms. The zero-order valence-corrected chi connectivity index (χ0v) is 12.7. The monoisotopic (exact) mass is 258 g/mol. The third kappa shape index (κ3) is 5.79. The third-order valence-electron chi connectivity index (χ3n) is 3.41. The van der Waals surface area contributed by atoms with E-state index in [9.17, 15) is 0 Å². The molecule has 0 aliphatic carbocycles. The Balaban J connectivity index is 2.30. The first-order valence-corrected chi connectivity index (χ1v) is 7.20. The first-order valence-electron chi connectivity index (χ1n) is 7.20. The minimum atomic E-state index is -0.183. The molecule has 0 aliphatic heterocycles. The Hall–Kier alpha value is -1.49. The summed E-state index contributed by atoms with van der Waals surface area (Å²) in [6, 6.07) is 11.0. The predicted molar refractivity (Wildman–Crippen MR) is 82.3 cm³/mol. The maximum Gasteiger partial charge on any atom is 0.0683 e. The van der Waals surface area contributed by atoms with Crippen LogP contribution < -0.4 is 5.32 Å². The Bertz CT molecular complexity index is 427. The van der Waals surface area contributed by atoms with Gasteiger partial charge in [0.15, 0.2) is 0 Å². The van der Waals surface area contributed by atoms with Gasteiger partial charge in [0.25, 0.3) is 0 Å². The zero-order valence-electron chi connectivity index (χ0n) is 12.7. The Kier molecular flexibility index (Phi) is 5.89. The van der Waals surface area contributed by atoms with Crippen LogP contribution >= 0.6 is 0 Å². The number of hydrogen-bond acceptors (Lipinski definition) is 2. The summed E-state index contributed by atoms with van der Waals surface area (Å²) in [5.74, 6) is 0.568. The Morgan fingerprint density at radius 2 is 2.00 bits per heavy atom. The van der Waals surface area contributed by atoms with Crippen molar-refractivity contribution in [3.63, 3.8) is 0 Å². The van der Waals surface area contributed by atoms with Crippen LogP contribution in [0, 0.1) is 16.7 Å². The highest BCUT2D eigenvalue weighted by Crippen LogP contribution is 2.22. The van der Waals surface area contributed by atoms with E-state index in [0.717, 1.165) is 25.8 Å². The van der Waals surface area contributed by atoms with E-state index in [1.807, 2.05) is 13.8 Å². The van der Waals surface area contributed by atoms with Crippen LogP contribution in [0.15, 0.2) is 24.3 Å². The van der Waals surface area contributed by atoms with Crippen molar-refractivity contribution >= 4 is 5.69 Å². The van der Waals surface area contributed by atoms with Crippen LogP contribution in [0.4, 0.5) is 5.69 Å². The molecule has 0 saturated heterocycles. The Labute approximate surface area is 117 Å². The van der Waals surface area contributed by atoms with Gasteiger partial charge >= 0.3 is 0 Å². The minimum absolute atomic E-state index is 0.183. The van der Waals surface area contributed by atoms with E-state index in [1.54, 1.807) is 0 Å². The average molecular weight is 258 g/mol. The van der Waals surface area contributed by atoms with Crippen LogP contribution in [0.3, 0.4) is 0 Å². The molecule has 0 amide bonds. The molecule has 0 fully saturated rings. The number of benzene rings is 1. The summed E-state index contributed by atoms with van der Waals surface area (Å²) in [6.07, 6.45) is 3.17. The van der Waals surface area contributed by atoms with Crippen molar-refractivity contribution in [2.24, 2.45) is 5.41 Å². The summed E-state index contributed by atoms with van der Waals surface area (Å²) in [7, 11) is 0. The van der Waals surface area contributed by atoms with Crippen molar-refractivity contribution in [2.75, 3.05) is 11.9 Å². The van der Waals surface area contributed by atoms with E-state index in [-0.39, 0.29) is 5.41 Å². The number of nitrogens with one attached hydrogen (secondary N) is 1. The SMILES string of the molecule is CC(C)c1cccc(NCCCCC(C)(C)C#N)c1. The molecule has 1 N–H and O–H groups in total. The van der Waals surface area contributed by atoms with Crippen molar-refractivity contribution in [2.45, 2.75) is 52.9 Å². The van der Waals surface area contributed by atoms with Crippen LogP contribution in [-0.2, 0) is 0 Å². The zero-order chi connectivity index (χ0) is 14.3. The van der Waals surface area contributed by atoms with Crippen molar-refractivity contribution in [1.82, 2.24) is 0 Å². The van der Waals surface area contributed by atoms with Gasteiger partial charge in [-0.1, -0.05) is 32.4 Å². The van der Waals surface area contributed by atoms with Crippen LogP contribution in [0.5, 0.6) is 0 Å². The van der Waals surface area contributed by atoms with Gasteiger partial charge in [-0.05, 0) is 50.3 Å². The first kappa shape index (κ1) is 15.6. The first-order chi connectivity index (χ1) is 8.94.